The van der Waals surface area contributed by atoms with Gasteiger partial charge >= 0.3 is 36.4 Å². The fourth-order valence-corrected chi connectivity index (χ4v) is 11.0. The number of hydrogen-bond donors (Lipinski definition) is 0. The molecule has 1 fully saturated rings. The summed E-state index contributed by atoms with van der Waals surface area (Å²) in [6.07, 6.45) is 0. The van der Waals surface area contributed by atoms with Crippen molar-refractivity contribution in [2.75, 3.05) is 0 Å². The molecule has 1 aliphatic heterocycles. The Morgan fingerprint density at radius 1 is 0.882 bits per heavy atom. The minimum absolute atomic E-state index is 0.185. The average molecular weight is 300 g/mol. The molecule has 0 aromatic carbocycles. The van der Waals surface area contributed by atoms with Crippen molar-refractivity contribution in [2.24, 2.45) is 0 Å². The quantitative estimate of drug-likeness (QED) is 0.737. The minimum Gasteiger partial charge on any atom is -0.409 e. The summed E-state index contributed by atoms with van der Waals surface area (Å²) in [4.78, 5) is 0. The highest BCUT2D eigenvalue weighted by molar-refractivity contribution is 6.90. The lowest BCUT2D eigenvalue weighted by Crippen LogP contribution is -2.55. The van der Waals surface area contributed by atoms with Gasteiger partial charge in [0.05, 0.1) is 0 Å². The van der Waals surface area contributed by atoms with Crippen LogP contribution in [0.5, 0.6) is 0 Å². The molecule has 0 saturated carbocycles. The van der Waals surface area contributed by atoms with Gasteiger partial charge in [-0.15, -0.1) is 26.3 Å². The molecule has 91 valence electrons. The lowest BCUT2D eigenvalue weighted by atomic mass is 11.2. The van der Waals surface area contributed by atoms with Crippen LogP contribution in [0.1, 0.15) is 0 Å². The molecule has 4 nitrogen and oxygen atoms in total. The van der Waals surface area contributed by atoms with E-state index in [-0.39, 0.29) is 10.0 Å². The summed E-state index contributed by atoms with van der Waals surface area (Å²) in [5.74, 6) is 0. The lowest BCUT2D eigenvalue weighted by molar-refractivity contribution is 0.290. The van der Waals surface area contributed by atoms with Gasteiger partial charge in [0.2, 0.25) is 0 Å². The Morgan fingerprint density at radius 3 is 1.53 bits per heavy atom. The normalized spacial score (nSPS) is 24.1. The Kier molecular flexibility index (Phi) is 5.21. The molecule has 1 saturated heterocycles. The number of rotatable bonds is 4. The second kappa shape index (κ2) is 6.02. The molecule has 0 unspecified atom stereocenters. The van der Waals surface area contributed by atoms with Crippen molar-refractivity contribution in [2.45, 2.75) is 6.55 Å². The van der Waals surface area contributed by atoms with Crippen molar-refractivity contribution >= 4 is 36.4 Å². The van der Waals surface area contributed by atoms with E-state index in [1.54, 1.807) is 22.8 Å². The highest BCUT2D eigenvalue weighted by Crippen LogP contribution is 2.20. The summed E-state index contributed by atoms with van der Waals surface area (Å²) in [7, 11) is -6.85. The fourth-order valence-electron chi connectivity index (χ4n) is 1.16. The first-order valence-corrected chi connectivity index (χ1v) is 11.5. The van der Waals surface area contributed by atoms with Gasteiger partial charge in [-0.2, -0.15) is 0 Å². The van der Waals surface area contributed by atoms with Crippen LogP contribution in [0.3, 0.4) is 0 Å². The van der Waals surface area contributed by atoms with E-state index in [1.807, 2.05) is 6.55 Å². The summed E-state index contributed by atoms with van der Waals surface area (Å²) >= 11 is 0. The molecule has 0 N–H and O–H groups in total. The molecule has 0 atom stereocenters. The summed E-state index contributed by atoms with van der Waals surface area (Å²) in [5, 5.41) is 0. The highest BCUT2D eigenvalue weighted by atomic mass is 28.5. The maximum Gasteiger partial charge on any atom is 0.414 e. The van der Waals surface area contributed by atoms with E-state index in [4.69, 9.17) is 16.5 Å². The van der Waals surface area contributed by atoms with Crippen molar-refractivity contribution in [1.29, 1.82) is 0 Å². The monoisotopic (exact) mass is 299 g/mol. The Balaban J connectivity index is 2.90. The zero-order valence-corrected chi connectivity index (χ0v) is 13.8. The molecular weight excluding hydrogens is 284 g/mol. The van der Waals surface area contributed by atoms with Crippen LogP contribution < -0.4 is 0 Å². The standard InChI is InChI=1S/C9H15O4Si4/c1-6-16(7-2)10-14-11-17(8-3,9-4)13-15(5)12-16/h6-9H,1-4H2,5H3. The molecule has 0 bridgehead atoms. The van der Waals surface area contributed by atoms with Crippen LogP contribution >= 0.6 is 0 Å². The van der Waals surface area contributed by atoms with E-state index in [1.165, 1.54) is 0 Å². The fraction of sp³-hybridized carbons (Fsp3) is 0.111. The molecule has 0 amide bonds. The van der Waals surface area contributed by atoms with E-state index < -0.39 is 26.4 Å². The van der Waals surface area contributed by atoms with E-state index in [9.17, 15) is 0 Å². The van der Waals surface area contributed by atoms with Gasteiger partial charge in [-0.25, -0.2) is 0 Å². The largest absolute Gasteiger partial charge is 0.414 e. The van der Waals surface area contributed by atoms with Crippen LogP contribution in [0.15, 0.2) is 49.1 Å². The molecule has 0 aliphatic carbocycles. The third-order valence-electron chi connectivity index (χ3n) is 2.15. The van der Waals surface area contributed by atoms with Gasteiger partial charge in [0.15, 0.2) is 0 Å². The van der Waals surface area contributed by atoms with Gasteiger partial charge in [-0.05, 0) is 29.3 Å². The van der Waals surface area contributed by atoms with E-state index in [0.717, 1.165) is 0 Å². The van der Waals surface area contributed by atoms with Crippen molar-refractivity contribution in [1.82, 2.24) is 0 Å². The smallest absolute Gasteiger partial charge is 0.409 e. The van der Waals surface area contributed by atoms with Crippen LogP contribution in [0, 0.1) is 0 Å². The molecule has 17 heavy (non-hydrogen) atoms. The Bertz CT molecular complexity index is 287. The number of hydrogen-bond acceptors (Lipinski definition) is 4. The van der Waals surface area contributed by atoms with Gasteiger partial charge < -0.3 is 16.5 Å². The summed E-state index contributed by atoms with van der Waals surface area (Å²) in [6.45, 7) is 16.8. The summed E-state index contributed by atoms with van der Waals surface area (Å²) in [5.41, 5.74) is 6.68. The van der Waals surface area contributed by atoms with Crippen molar-refractivity contribution < 1.29 is 16.5 Å². The SMILES string of the molecule is C=C[Si]1(C=C)O[Si]O[Si](C=C)(C=C)O[Si](C)O1. The van der Waals surface area contributed by atoms with Crippen LogP contribution in [-0.2, 0) is 16.5 Å². The first kappa shape index (κ1) is 14.7. The predicted octanol–water partition coefficient (Wildman–Crippen LogP) is 1.50. The second-order valence-corrected chi connectivity index (χ2v) is 12.2. The first-order chi connectivity index (χ1) is 8.05. The molecule has 1 aliphatic rings. The van der Waals surface area contributed by atoms with Gasteiger partial charge in [-0.1, -0.05) is 0 Å². The zero-order valence-electron chi connectivity index (χ0n) is 9.77. The maximum absolute atomic E-state index is 5.86. The molecular formula is C9H15O4Si4. The third kappa shape index (κ3) is 3.33. The summed E-state index contributed by atoms with van der Waals surface area (Å²) < 4.78 is 23.1. The van der Waals surface area contributed by atoms with Crippen LogP contribution in [0.2, 0.25) is 6.55 Å². The molecule has 0 spiro atoms. The first-order valence-electron chi connectivity index (χ1n) is 4.92. The van der Waals surface area contributed by atoms with Crippen molar-refractivity contribution in [3.63, 3.8) is 0 Å². The Labute approximate surface area is 109 Å². The highest BCUT2D eigenvalue weighted by Gasteiger charge is 2.43. The second-order valence-electron chi connectivity index (χ2n) is 3.24. The van der Waals surface area contributed by atoms with Gasteiger partial charge in [0.25, 0.3) is 0 Å². The zero-order chi connectivity index (χ0) is 12.9. The van der Waals surface area contributed by atoms with Crippen LogP contribution in [0.4, 0.5) is 0 Å². The Hall–Kier alpha value is -0.332. The maximum atomic E-state index is 5.86. The molecule has 8 heteroatoms. The van der Waals surface area contributed by atoms with Gasteiger partial charge in [-0.3, -0.25) is 0 Å². The average Bonchev–Trinajstić information content (AvgIpc) is 2.33. The Morgan fingerprint density at radius 2 is 1.24 bits per heavy atom. The molecule has 1 heterocycles. The van der Waals surface area contributed by atoms with Crippen molar-refractivity contribution in [3.8, 4) is 0 Å². The topological polar surface area (TPSA) is 36.9 Å². The molecule has 0 aromatic heterocycles. The molecule has 3 radical (unpaired) electrons. The van der Waals surface area contributed by atoms with Crippen molar-refractivity contribution in [3.05, 3.63) is 49.1 Å². The predicted molar refractivity (Wildman–Crippen MR) is 74.0 cm³/mol. The van der Waals surface area contributed by atoms with E-state index >= 15 is 0 Å². The van der Waals surface area contributed by atoms with Crippen LogP contribution in [-0.4, -0.2) is 36.4 Å². The van der Waals surface area contributed by atoms with Crippen LogP contribution in [0.25, 0.3) is 0 Å². The third-order valence-corrected chi connectivity index (χ3v) is 12.5. The van der Waals surface area contributed by atoms with E-state index in [2.05, 4.69) is 26.3 Å². The summed E-state index contributed by atoms with van der Waals surface area (Å²) in [6, 6.07) is 0. The van der Waals surface area contributed by atoms with Gasteiger partial charge in [0, 0.05) is 0 Å². The molecule has 1 rings (SSSR count). The lowest BCUT2D eigenvalue weighted by Gasteiger charge is -2.35. The van der Waals surface area contributed by atoms with Gasteiger partial charge in [0.1, 0.15) is 0 Å². The molecule has 0 aromatic rings. The minimum atomic E-state index is -2.58. The van der Waals surface area contributed by atoms with E-state index in [0.29, 0.717) is 0 Å².